The van der Waals surface area contributed by atoms with Crippen molar-refractivity contribution in [3.8, 4) is 22.9 Å². The van der Waals surface area contributed by atoms with Gasteiger partial charge in [0, 0.05) is 5.56 Å². The summed E-state index contributed by atoms with van der Waals surface area (Å²) in [5.41, 5.74) is -1.63. The van der Waals surface area contributed by atoms with E-state index in [0.717, 1.165) is 6.07 Å². The predicted octanol–water partition coefficient (Wildman–Crippen LogP) is 4.65. The van der Waals surface area contributed by atoms with Crippen LogP contribution in [0.3, 0.4) is 0 Å². The highest BCUT2D eigenvalue weighted by atomic mass is 35.5. The monoisotopic (exact) mass is 332 g/mol. The van der Waals surface area contributed by atoms with Crippen LogP contribution in [0.2, 0.25) is 10.3 Å². The summed E-state index contributed by atoms with van der Waals surface area (Å²) in [5.74, 6) is -1.00. The van der Waals surface area contributed by atoms with E-state index in [0.29, 0.717) is 6.07 Å². The molecule has 0 amide bonds. The molecule has 2 aromatic rings. The molecule has 0 aliphatic rings. The summed E-state index contributed by atoms with van der Waals surface area (Å²) >= 11 is 11.4. The first-order valence-electron chi connectivity index (χ1n) is 5.40. The third kappa shape index (κ3) is 3.20. The van der Waals surface area contributed by atoms with E-state index < -0.39 is 17.5 Å². The van der Waals surface area contributed by atoms with E-state index in [1.807, 2.05) is 0 Å². The van der Waals surface area contributed by atoms with Crippen LogP contribution >= 0.6 is 23.2 Å². The van der Waals surface area contributed by atoms with Gasteiger partial charge in [-0.25, -0.2) is 4.98 Å². The Balaban J connectivity index is 2.77. The van der Waals surface area contributed by atoms with Crippen LogP contribution in [0.5, 0.6) is 5.75 Å². The maximum Gasteiger partial charge on any atom is 0.420 e. The minimum atomic E-state index is -4.80. The van der Waals surface area contributed by atoms with Crippen molar-refractivity contribution in [1.82, 2.24) is 4.98 Å². The fraction of sp³-hybridized carbons (Fsp3) is 0.0769. The van der Waals surface area contributed by atoms with Crippen molar-refractivity contribution in [2.24, 2.45) is 0 Å². The average molecular weight is 333 g/mol. The number of hydrogen-bond acceptors (Lipinski definition) is 3. The number of phenols is 1. The lowest BCUT2D eigenvalue weighted by Gasteiger charge is -2.13. The van der Waals surface area contributed by atoms with Crippen LogP contribution in [0.15, 0.2) is 24.3 Å². The fourth-order valence-electron chi connectivity index (χ4n) is 1.76. The summed E-state index contributed by atoms with van der Waals surface area (Å²) < 4.78 is 38.7. The molecule has 0 fully saturated rings. The highest BCUT2D eigenvalue weighted by Gasteiger charge is 2.35. The van der Waals surface area contributed by atoms with Gasteiger partial charge in [0.25, 0.3) is 0 Å². The number of benzene rings is 1. The van der Waals surface area contributed by atoms with E-state index in [2.05, 4.69) is 4.98 Å². The van der Waals surface area contributed by atoms with Crippen LogP contribution in [-0.4, -0.2) is 10.1 Å². The molecule has 1 aromatic carbocycles. The highest BCUT2D eigenvalue weighted by Crippen LogP contribution is 2.42. The average Bonchev–Trinajstić information content (AvgIpc) is 2.36. The van der Waals surface area contributed by atoms with Crippen LogP contribution in [0, 0.1) is 11.3 Å². The lowest BCUT2D eigenvalue weighted by atomic mass is 9.99. The van der Waals surface area contributed by atoms with E-state index in [4.69, 9.17) is 28.5 Å². The number of aromatic hydroxyl groups is 1. The van der Waals surface area contributed by atoms with Gasteiger partial charge in [0.1, 0.15) is 16.1 Å². The minimum Gasteiger partial charge on any atom is -0.507 e. The van der Waals surface area contributed by atoms with Crippen LogP contribution in [0.4, 0.5) is 13.2 Å². The predicted molar refractivity (Wildman–Crippen MR) is 71.1 cm³/mol. The Bertz CT molecular complexity index is 734. The fourth-order valence-corrected chi connectivity index (χ4v) is 2.22. The summed E-state index contributed by atoms with van der Waals surface area (Å²) in [6.45, 7) is 0. The van der Waals surface area contributed by atoms with Gasteiger partial charge < -0.3 is 5.11 Å². The molecule has 3 nitrogen and oxygen atoms in total. The second kappa shape index (κ2) is 5.43. The Morgan fingerprint density at radius 1 is 1.10 bits per heavy atom. The van der Waals surface area contributed by atoms with Gasteiger partial charge in [0.05, 0.1) is 17.2 Å². The van der Waals surface area contributed by atoms with Gasteiger partial charge in [-0.05, 0) is 29.8 Å². The van der Waals surface area contributed by atoms with Gasteiger partial charge in [-0.1, -0.05) is 23.2 Å². The molecule has 8 heteroatoms. The topological polar surface area (TPSA) is 56.9 Å². The minimum absolute atomic E-state index is 0.0483. The van der Waals surface area contributed by atoms with Crippen molar-refractivity contribution < 1.29 is 18.3 Å². The molecule has 108 valence electrons. The first kappa shape index (κ1) is 15.4. The van der Waals surface area contributed by atoms with E-state index in [9.17, 15) is 18.3 Å². The summed E-state index contributed by atoms with van der Waals surface area (Å²) in [7, 11) is 0. The Labute approximate surface area is 127 Å². The molecule has 1 aromatic heterocycles. The lowest BCUT2D eigenvalue weighted by molar-refractivity contribution is -0.138. The number of phenolic OH excluding ortho intramolecular Hbond substituents is 1. The van der Waals surface area contributed by atoms with E-state index in [-0.39, 0.29) is 27.0 Å². The number of nitrogens with zero attached hydrogens (tertiary/aromatic N) is 2. The molecule has 21 heavy (non-hydrogen) atoms. The zero-order chi connectivity index (χ0) is 15.8. The second-order valence-electron chi connectivity index (χ2n) is 4.03. The molecule has 0 aliphatic carbocycles. The van der Waals surface area contributed by atoms with Crippen LogP contribution in [0.25, 0.3) is 11.1 Å². The van der Waals surface area contributed by atoms with Crippen LogP contribution in [0.1, 0.15) is 11.1 Å². The van der Waals surface area contributed by atoms with Gasteiger partial charge in [0.2, 0.25) is 0 Å². The molecule has 0 spiro atoms. The maximum absolute atomic E-state index is 12.9. The summed E-state index contributed by atoms with van der Waals surface area (Å²) in [6.07, 6.45) is -4.80. The molecule has 1 heterocycles. The SMILES string of the molecule is N#Cc1cc(-c2cc(Cl)nc(Cl)c2)c(O)c(C(F)(F)F)c1. The summed E-state index contributed by atoms with van der Waals surface area (Å²) in [4.78, 5) is 3.67. The van der Waals surface area contributed by atoms with Gasteiger partial charge in [-0.2, -0.15) is 18.4 Å². The van der Waals surface area contributed by atoms with Gasteiger partial charge in [-0.15, -0.1) is 0 Å². The van der Waals surface area contributed by atoms with Crippen molar-refractivity contribution in [2.75, 3.05) is 0 Å². The number of rotatable bonds is 1. The molecule has 0 radical (unpaired) electrons. The molecule has 0 atom stereocenters. The number of pyridine rings is 1. The molecule has 1 N–H and O–H groups in total. The number of aromatic nitrogens is 1. The third-order valence-corrected chi connectivity index (χ3v) is 3.01. The summed E-state index contributed by atoms with van der Waals surface area (Å²) in [5, 5.41) is 18.6. The number of nitriles is 1. The Morgan fingerprint density at radius 2 is 1.67 bits per heavy atom. The lowest BCUT2D eigenvalue weighted by Crippen LogP contribution is -2.06. The maximum atomic E-state index is 12.9. The van der Waals surface area contributed by atoms with E-state index >= 15 is 0 Å². The molecule has 0 saturated carbocycles. The van der Waals surface area contributed by atoms with Crippen LogP contribution in [-0.2, 0) is 6.18 Å². The van der Waals surface area contributed by atoms with E-state index in [1.165, 1.54) is 12.1 Å². The molecule has 2 rings (SSSR count). The Morgan fingerprint density at radius 3 is 2.14 bits per heavy atom. The number of halogens is 5. The highest BCUT2D eigenvalue weighted by molar-refractivity contribution is 6.32. The Kier molecular flexibility index (Phi) is 3.99. The third-order valence-electron chi connectivity index (χ3n) is 2.62. The molecule has 0 aliphatic heterocycles. The standard InChI is InChI=1S/C13H5Cl2F3N2O/c14-10-3-7(4-11(15)20-10)8-1-6(5-19)2-9(12(8)21)13(16,17)18/h1-4,21H. The van der Waals surface area contributed by atoms with Gasteiger partial charge in [-0.3, -0.25) is 0 Å². The largest absolute Gasteiger partial charge is 0.507 e. The van der Waals surface area contributed by atoms with Crippen molar-refractivity contribution in [2.45, 2.75) is 6.18 Å². The normalized spacial score (nSPS) is 11.2. The smallest absolute Gasteiger partial charge is 0.420 e. The van der Waals surface area contributed by atoms with Crippen molar-refractivity contribution in [3.05, 3.63) is 45.7 Å². The first-order valence-corrected chi connectivity index (χ1v) is 6.15. The number of alkyl halides is 3. The second-order valence-corrected chi connectivity index (χ2v) is 4.81. The molecule has 0 unspecified atom stereocenters. The van der Waals surface area contributed by atoms with Crippen LogP contribution < -0.4 is 0 Å². The molecular formula is C13H5Cl2F3N2O. The Hall–Kier alpha value is -1.97. The number of hydrogen-bond donors (Lipinski definition) is 1. The summed E-state index contributed by atoms with van der Waals surface area (Å²) in [6, 6.07) is 5.78. The first-order chi connectivity index (χ1) is 9.72. The molecular weight excluding hydrogens is 328 g/mol. The van der Waals surface area contributed by atoms with Crippen molar-refractivity contribution >= 4 is 23.2 Å². The van der Waals surface area contributed by atoms with Gasteiger partial charge >= 0.3 is 6.18 Å². The van der Waals surface area contributed by atoms with Gasteiger partial charge in [0.15, 0.2) is 0 Å². The molecule has 0 saturated heterocycles. The van der Waals surface area contributed by atoms with E-state index in [1.54, 1.807) is 6.07 Å². The zero-order valence-corrected chi connectivity index (χ0v) is 11.6. The van der Waals surface area contributed by atoms with Crippen molar-refractivity contribution in [3.63, 3.8) is 0 Å². The zero-order valence-electron chi connectivity index (χ0n) is 10.0. The quantitative estimate of drug-likeness (QED) is 0.773. The van der Waals surface area contributed by atoms with Crippen molar-refractivity contribution in [1.29, 1.82) is 5.26 Å². The molecule has 0 bridgehead atoms.